The van der Waals surface area contributed by atoms with Crippen LogP contribution in [-0.4, -0.2) is 17.1 Å². The Morgan fingerprint density at radius 3 is 2.58 bits per heavy atom. The van der Waals surface area contributed by atoms with Crippen LogP contribution < -0.4 is 5.73 Å². The molecule has 0 aromatic carbocycles. The van der Waals surface area contributed by atoms with Gasteiger partial charge in [-0.3, -0.25) is 4.79 Å². The molecule has 1 amide bonds. The lowest BCUT2D eigenvalue weighted by Gasteiger charge is -2.62. The van der Waals surface area contributed by atoms with Crippen LogP contribution in [0.25, 0.3) is 0 Å². The molecule has 0 aromatic rings. The molecule has 4 aliphatic carbocycles. The minimum atomic E-state index is -0.0641. The lowest BCUT2D eigenvalue weighted by atomic mass is 9.43. The van der Waals surface area contributed by atoms with E-state index >= 15 is 0 Å². The first-order valence-corrected chi connectivity index (χ1v) is 10.4. The molecule has 3 nitrogen and oxygen atoms in total. The fourth-order valence-electron chi connectivity index (χ4n) is 8.21. The highest BCUT2D eigenvalue weighted by molar-refractivity contribution is 5.78. The Balaban J connectivity index is 1.64. The van der Waals surface area contributed by atoms with Gasteiger partial charge in [-0.25, -0.2) is 0 Å². The van der Waals surface area contributed by atoms with Gasteiger partial charge in [0.1, 0.15) is 0 Å². The zero-order chi connectivity index (χ0) is 17.1. The van der Waals surface area contributed by atoms with Crippen molar-refractivity contribution in [1.82, 2.24) is 0 Å². The Bertz CT molecular complexity index is 520. The largest absolute Gasteiger partial charge is 0.393 e. The maximum Gasteiger partial charge on any atom is 0.221 e. The fourth-order valence-corrected chi connectivity index (χ4v) is 8.21. The van der Waals surface area contributed by atoms with Crippen LogP contribution in [-0.2, 0) is 4.79 Å². The van der Waals surface area contributed by atoms with Gasteiger partial charge in [-0.15, -0.1) is 0 Å². The number of hydrogen-bond donors (Lipinski definition) is 2. The molecular weight excluding hydrogens is 298 g/mol. The van der Waals surface area contributed by atoms with Crippen LogP contribution in [0, 0.1) is 40.4 Å². The van der Waals surface area contributed by atoms with Crippen molar-refractivity contribution in [3.8, 4) is 0 Å². The summed E-state index contributed by atoms with van der Waals surface area (Å²) in [6.07, 6.45) is 11.8. The summed E-state index contributed by atoms with van der Waals surface area (Å²) < 4.78 is 0. The molecule has 8 atom stereocenters. The average molecular weight is 334 g/mol. The molecule has 0 bridgehead atoms. The maximum atomic E-state index is 12.0. The molecule has 0 spiro atoms. The molecule has 4 saturated carbocycles. The van der Waals surface area contributed by atoms with Crippen molar-refractivity contribution in [1.29, 1.82) is 0 Å². The van der Waals surface area contributed by atoms with E-state index in [1.54, 1.807) is 0 Å². The van der Waals surface area contributed by atoms with E-state index in [9.17, 15) is 9.90 Å². The van der Waals surface area contributed by atoms with Crippen molar-refractivity contribution in [3.63, 3.8) is 0 Å². The Labute approximate surface area is 146 Å². The number of aliphatic hydroxyl groups is 1. The van der Waals surface area contributed by atoms with Crippen LogP contribution in [0.4, 0.5) is 0 Å². The van der Waals surface area contributed by atoms with Crippen LogP contribution in [0.15, 0.2) is 0 Å². The van der Waals surface area contributed by atoms with Gasteiger partial charge in [-0.05, 0) is 98.7 Å². The standard InChI is InChI=1S/C21H35NO2/c1-3-21-11-8-14(23)12-13(21)4-5-15-16-6-7-18(19(22)24)20(16,2)10-9-17(15)21/h13-18,23H,3-12H2,1-2H3,(H2,22,24). The molecule has 4 fully saturated rings. The van der Waals surface area contributed by atoms with Crippen molar-refractivity contribution in [3.05, 3.63) is 0 Å². The topological polar surface area (TPSA) is 63.3 Å². The normalized spacial score (nSPS) is 53.8. The second-order valence-corrected chi connectivity index (χ2v) is 9.74. The average Bonchev–Trinajstić information content (AvgIpc) is 2.91. The number of fused-ring (bicyclic) bond motifs is 5. The molecule has 0 aliphatic heterocycles. The molecular formula is C21H35NO2. The number of primary amides is 1. The van der Waals surface area contributed by atoms with Crippen molar-refractivity contribution in [2.75, 3.05) is 0 Å². The second kappa shape index (κ2) is 5.72. The summed E-state index contributed by atoms with van der Waals surface area (Å²) in [6, 6.07) is 0. The van der Waals surface area contributed by atoms with E-state index in [2.05, 4.69) is 13.8 Å². The Hall–Kier alpha value is -0.570. The Kier molecular flexibility index (Phi) is 4.02. The Morgan fingerprint density at radius 1 is 1.08 bits per heavy atom. The Morgan fingerprint density at radius 2 is 1.88 bits per heavy atom. The van der Waals surface area contributed by atoms with Gasteiger partial charge < -0.3 is 10.8 Å². The van der Waals surface area contributed by atoms with Crippen LogP contribution in [0.1, 0.15) is 78.1 Å². The summed E-state index contributed by atoms with van der Waals surface area (Å²) in [4.78, 5) is 12.0. The zero-order valence-electron chi connectivity index (χ0n) is 15.5. The summed E-state index contributed by atoms with van der Waals surface area (Å²) in [5.74, 6) is 3.08. The molecule has 136 valence electrons. The molecule has 0 radical (unpaired) electrons. The van der Waals surface area contributed by atoms with Gasteiger partial charge in [-0.2, -0.15) is 0 Å². The lowest BCUT2D eigenvalue weighted by molar-refractivity contribution is -0.144. The second-order valence-electron chi connectivity index (χ2n) is 9.74. The number of hydrogen-bond acceptors (Lipinski definition) is 2. The highest BCUT2D eigenvalue weighted by Gasteiger charge is 2.61. The van der Waals surface area contributed by atoms with Gasteiger partial charge >= 0.3 is 0 Å². The molecule has 3 heteroatoms. The first kappa shape index (κ1) is 16.9. The van der Waals surface area contributed by atoms with E-state index in [4.69, 9.17) is 5.73 Å². The third kappa shape index (κ3) is 2.15. The highest BCUT2D eigenvalue weighted by atomic mass is 16.3. The van der Waals surface area contributed by atoms with Gasteiger partial charge in [0.25, 0.3) is 0 Å². The predicted octanol–water partition coefficient (Wildman–Crippen LogP) is 3.88. The molecule has 3 N–H and O–H groups in total. The first-order chi connectivity index (χ1) is 11.4. The van der Waals surface area contributed by atoms with E-state index in [1.807, 2.05) is 0 Å². The third-order valence-corrected chi connectivity index (χ3v) is 9.34. The minimum absolute atomic E-state index is 0.0573. The SMILES string of the molecule is CCC12CCC(O)CC1CCC1C3CCC(C(N)=O)C3(C)CCC12. The number of carbonyl (C=O) groups is 1. The zero-order valence-corrected chi connectivity index (χ0v) is 15.5. The van der Waals surface area contributed by atoms with Gasteiger partial charge in [0, 0.05) is 5.92 Å². The maximum absolute atomic E-state index is 12.0. The van der Waals surface area contributed by atoms with Gasteiger partial charge in [-0.1, -0.05) is 13.8 Å². The summed E-state index contributed by atoms with van der Waals surface area (Å²) >= 11 is 0. The van der Waals surface area contributed by atoms with Crippen LogP contribution in [0.5, 0.6) is 0 Å². The quantitative estimate of drug-likeness (QED) is 0.805. The number of carbonyl (C=O) groups excluding carboxylic acids is 1. The molecule has 8 unspecified atom stereocenters. The number of rotatable bonds is 2. The molecule has 0 aromatic heterocycles. The van der Waals surface area contributed by atoms with Gasteiger partial charge in [0.15, 0.2) is 0 Å². The summed E-state index contributed by atoms with van der Waals surface area (Å²) in [6.45, 7) is 4.76. The van der Waals surface area contributed by atoms with E-state index in [0.717, 1.165) is 37.0 Å². The fraction of sp³-hybridized carbons (Fsp3) is 0.952. The van der Waals surface area contributed by atoms with Crippen molar-refractivity contribution in [2.24, 2.45) is 46.2 Å². The summed E-state index contributed by atoms with van der Waals surface area (Å²) in [5.41, 5.74) is 6.39. The molecule has 0 heterocycles. The smallest absolute Gasteiger partial charge is 0.221 e. The summed E-state index contributed by atoms with van der Waals surface area (Å²) in [5, 5.41) is 10.2. The van der Waals surface area contributed by atoms with Crippen molar-refractivity contribution < 1.29 is 9.90 Å². The van der Waals surface area contributed by atoms with Gasteiger partial charge in [0.2, 0.25) is 5.91 Å². The van der Waals surface area contributed by atoms with Gasteiger partial charge in [0.05, 0.1) is 6.10 Å². The summed E-state index contributed by atoms with van der Waals surface area (Å²) in [7, 11) is 0. The monoisotopic (exact) mass is 333 g/mol. The van der Waals surface area contributed by atoms with Crippen LogP contribution >= 0.6 is 0 Å². The third-order valence-electron chi connectivity index (χ3n) is 9.34. The predicted molar refractivity (Wildman–Crippen MR) is 95.0 cm³/mol. The first-order valence-electron chi connectivity index (χ1n) is 10.4. The number of nitrogens with two attached hydrogens (primary N) is 1. The van der Waals surface area contributed by atoms with Crippen molar-refractivity contribution in [2.45, 2.75) is 84.2 Å². The minimum Gasteiger partial charge on any atom is -0.393 e. The van der Waals surface area contributed by atoms with E-state index < -0.39 is 0 Å². The highest BCUT2D eigenvalue weighted by Crippen LogP contribution is 2.68. The molecule has 4 aliphatic rings. The van der Waals surface area contributed by atoms with Crippen molar-refractivity contribution >= 4 is 5.91 Å². The van der Waals surface area contributed by atoms with Crippen LogP contribution in [0.3, 0.4) is 0 Å². The van der Waals surface area contributed by atoms with E-state index in [0.29, 0.717) is 11.3 Å². The number of aliphatic hydroxyl groups excluding tert-OH is 1. The molecule has 24 heavy (non-hydrogen) atoms. The van der Waals surface area contributed by atoms with E-state index in [-0.39, 0.29) is 23.3 Å². The van der Waals surface area contributed by atoms with E-state index in [1.165, 1.54) is 44.9 Å². The van der Waals surface area contributed by atoms with Crippen LogP contribution in [0.2, 0.25) is 0 Å². The number of amides is 1. The molecule has 4 rings (SSSR count). The molecule has 0 saturated heterocycles. The lowest BCUT2D eigenvalue weighted by Crippen LogP contribution is -2.55.